The number of benzene rings is 2. The van der Waals surface area contributed by atoms with Gasteiger partial charge in [0.2, 0.25) is 0 Å². The number of phenolic OH excluding ortho intramolecular Hbond substituents is 1. The molecule has 0 aliphatic rings. The van der Waals surface area contributed by atoms with E-state index in [4.69, 9.17) is 16.3 Å². The maximum atomic E-state index is 11.6. The molecule has 0 bridgehead atoms. The van der Waals surface area contributed by atoms with E-state index in [9.17, 15) is 14.7 Å². The van der Waals surface area contributed by atoms with Crippen LogP contribution in [0.15, 0.2) is 30.3 Å². The summed E-state index contributed by atoms with van der Waals surface area (Å²) in [7, 11) is 0. The van der Waals surface area contributed by atoms with Crippen LogP contribution in [-0.2, 0) is 4.74 Å². The number of hydrogen-bond donors (Lipinski definition) is 1. The third-order valence-electron chi connectivity index (χ3n) is 2.68. The molecule has 0 fully saturated rings. The second-order valence-electron chi connectivity index (χ2n) is 3.93. The van der Waals surface area contributed by atoms with E-state index in [-0.39, 0.29) is 17.9 Å². The first-order valence-electron chi connectivity index (χ1n) is 5.66. The van der Waals surface area contributed by atoms with Crippen LogP contribution < -0.4 is 0 Å². The fourth-order valence-electron chi connectivity index (χ4n) is 1.78. The van der Waals surface area contributed by atoms with Crippen LogP contribution in [0, 0.1) is 0 Å². The van der Waals surface area contributed by atoms with Gasteiger partial charge in [-0.25, -0.2) is 4.79 Å². The summed E-state index contributed by atoms with van der Waals surface area (Å²) in [5.41, 5.74) is 0.392. The maximum absolute atomic E-state index is 11.6. The van der Waals surface area contributed by atoms with E-state index in [1.54, 1.807) is 25.1 Å². The number of carbonyl (C=O) groups excluding carboxylic acids is 2. The first-order valence-corrected chi connectivity index (χ1v) is 6.04. The van der Waals surface area contributed by atoms with Crippen LogP contribution >= 0.6 is 11.6 Å². The topological polar surface area (TPSA) is 63.6 Å². The molecular weight excluding hydrogens is 268 g/mol. The van der Waals surface area contributed by atoms with E-state index in [2.05, 4.69) is 0 Å². The van der Waals surface area contributed by atoms with Crippen LogP contribution in [0.1, 0.15) is 27.6 Å². The normalized spacial score (nSPS) is 10.4. The van der Waals surface area contributed by atoms with Crippen molar-refractivity contribution in [3.05, 3.63) is 41.5 Å². The molecule has 0 unspecified atom stereocenters. The molecule has 2 aromatic carbocycles. The van der Waals surface area contributed by atoms with E-state index >= 15 is 0 Å². The highest BCUT2D eigenvalue weighted by molar-refractivity contribution is 6.68. The monoisotopic (exact) mass is 278 g/mol. The van der Waals surface area contributed by atoms with Gasteiger partial charge in [0.15, 0.2) is 0 Å². The van der Waals surface area contributed by atoms with Gasteiger partial charge in [-0.2, -0.15) is 0 Å². The summed E-state index contributed by atoms with van der Waals surface area (Å²) in [6, 6.07) is 7.74. The first kappa shape index (κ1) is 13.4. The Balaban J connectivity index is 2.55. The smallest absolute Gasteiger partial charge is 0.338 e. The lowest BCUT2D eigenvalue weighted by Gasteiger charge is -2.06. The maximum Gasteiger partial charge on any atom is 0.338 e. The molecule has 2 rings (SSSR count). The Morgan fingerprint density at radius 2 is 1.95 bits per heavy atom. The predicted octanol–water partition coefficient (Wildman–Crippen LogP) is 3.10. The summed E-state index contributed by atoms with van der Waals surface area (Å²) in [4.78, 5) is 22.8. The summed E-state index contributed by atoms with van der Waals surface area (Å²) in [6.45, 7) is 2.01. The van der Waals surface area contributed by atoms with E-state index < -0.39 is 11.2 Å². The third kappa shape index (κ3) is 2.69. The zero-order chi connectivity index (χ0) is 14.0. The fourth-order valence-corrected chi connectivity index (χ4v) is 1.94. The van der Waals surface area contributed by atoms with Crippen LogP contribution in [0.2, 0.25) is 0 Å². The number of hydrogen-bond acceptors (Lipinski definition) is 4. The largest absolute Gasteiger partial charge is 0.507 e. The number of carbonyl (C=O) groups is 2. The Kier molecular flexibility index (Phi) is 3.71. The lowest BCUT2D eigenvalue weighted by molar-refractivity contribution is 0.0526. The Morgan fingerprint density at radius 3 is 2.58 bits per heavy atom. The lowest BCUT2D eigenvalue weighted by Crippen LogP contribution is -2.04. The van der Waals surface area contributed by atoms with Gasteiger partial charge in [0.25, 0.3) is 5.24 Å². The number of aromatic hydroxyl groups is 1. The van der Waals surface area contributed by atoms with Gasteiger partial charge >= 0.3 is 5.97 Å². The van der Waals surface area contributed by atoms with Gasteiger partial charge in [-0.3, -0.25) is 4.79 Å². The first-order chi connectivity index (χ1) is 9.02. The number of phenols is 1. The molecule has 0 aromatic heterocycles. The summed E-state index contributed by atoms with van der Waals surface area (Å²) >= 11 is 5.37. The van der Waals surface area contributed by atoms with Crippen molar-refractivity contribution in [2.24, 2.45) is 0 Å². The molecule has 0 radical (unpaired) electrons. The third-order valence-corrected chi connectivity index (χ3v) is 2.88. The Bertz CT molecular complexity index is 664. The molecule has 0 aliphatic carbocycles. The van der Waals surface area contributed by atoms with Gasteiger partial charge in [-0.1, -0.05) is 6.07 Å². The molecule has 1 N–H and O–H groups in total. The van der Waals surface area contributed by atoms with Gasteiger partial charge in [-0.05, 0) is 53.6 Å². The molecule has 0 spiro atoms. The van der Waals surface area contributed by atoms with Gasteiger partial charge in [0, 0.05) is 0 Å². The number of halogens is 1. The molecular formula is C14H11ClO4. The molecule has 98 valence electrons. The van der Waals surface area contributed by atoms with Crippen molar-refractivity contribution in [1.29, 1.82) is 0 Å². The molecule has 0 amide bonds. The van der Waals surface area contributed by atoms with Crippen LogP contribution in [0.3, 0.4) is 0 Å². The summed E-state index contributed by atoms with van der Waals surface area (Å²) in [6.07, 6.45) is 0. The van der Waals surface area contributed by atoms with E-state index in [0.29, 0.717) is 16.3 Å². The Morgan fingerprint density at radius 1 is 1.21 bits per heavy atom. The highest BCUT2D eigenvalue weighted by Crippen LogP contribution is 2.27. The van der Waals surface area contributed by atoms with Crippen molar-refractivity contribution < 1.29 is 19.4 Å². The van der Waals surface area contributed by atoms with Gasteiger partial charge in [0.1, 0.15) is 5.75 Å². The van der Waals surface area contributed by atoms with Crippen molar-refractivity contribution in [2.75, 3.05) is 6.61 Å². The van der Waals surface area contributed by atoms with Crippen molar-refractivity contribution in [2.45, 2.75) is 6.92 Å². The molecule has 0 saturated heterocycles. The molecule has 4 nitrogen and oxygen atoms in total. The lowest BCUT2D eigenvalue weighted by atomic mass is 10.0. The van der Waals surface area contributed by atoms with Crippen LogP contribution in [0.5, 0.6) is 5.75 Å². The minimum Gasteiger partial charge on any atom is -0.507 e. The molecule has 0 aliphatic heterocycles. The van der Waals surface area contributed by atoms with Gasteiger partial charge in [-0.15, -0.1) is 0 Å². The predicted molar refractivity (Wildman–Crippen MR) is 71.8 cm³/mol. The highest BCUT2D eigenvalue weighted by atomic mass is 35.5. The molecule has 2 aromatic rings. The number of esters is 1. The van der Waals surface area contributed by atoms with Crippen molar-refractivity contribution in [3.63, 3.8) is 0 Å². The minimum atomic E-state index is -0.749. The minimum absolute atomic E-state index is 0.00942. The standard InChI is InChI=1S/C14H11ClO4/c1-2-19-14(18)9-4-3-8-7-12(16)11(13(15)17)6-10(8)5-9/h3-7,16H,2H2,1H3. The van der Waals surface area contributed by atoms with E-state index in [1.807, 2.05) is 0 Å². The average molecular weight is 279 g/mol. The van der Waals surface area contributed by atoms with Crippen LogP contribution in [-0.4, -0.2) is 22.9 Å². The number of rotatable bonds is 3. The number of fused-ring (bicyclic) bond motifs is 1. The quantitative estimate of drug-likeness (QED) is 0.692. The Hall–Kier alpha value is -2.07. The summed E-state index contributed by atoms with van der Waals surface area (Å²) in [5.74, 6) is -0.618. The second kappa shape index (κ2) is 5.28. The van der Waals surface area contributed by atoms with Crippen molar-refractivity contribution in [3.8, 4) is 5.75 Å². The van der Waals surface area contributed by atoms with Crippen LogP contribution in [0.4, 0.5) is 0 Å². The number of ether oxygens (including phenoxy) is 1. The summed E-state index contributed by atoms with van der Waals surface area (Å²) in [5, 5.41) is 10.2. The zero-order valence-corrected chi connectivity index (χ0v) is 10.9. The SMILES string of the molecule is CCOC(=O)c1ccc2cc(O)c(C(=O)Cl)cc2c1. The van der Waals surface area contributed by atoms with Crippen LogP contribution in [0.25, 0.3) is 10.8 Å². The van der Waals surface area contributed by atoms with E-state index in [1.165, 1.54) is 12.1 Å². The second-order valence-corrected chi connectivity index (χ2v) is 4.27. The summed E-state index contributed by atoms with van der Waals surface area (Å²) < 4.78 is 4.90. The zero-order valence-electron chi connectivity index (χ0n) is 10.1. The van der Waals surface area contributed by atoms with Crippen molar-refractivity contribution >= 4 is 33.6 Å². The van der Waals surface area contributed by atoms with E-state index in [0.717, 1.165) is 0 Å². The average Bonchev–Trinajstić information content (AvgIpc) is 2.37. The van der Waals surface area contributed by atoms with Crippen molar-refractivity contribution in [1.82, 2.24) is 0 Å². The van der Waals surface area contributed by atoms with Gasteiger partial charge in [0.05, 0.1) is 17.7 Å². The fraction of sp³-hybridized carbons (Fsp3) is 0.143. The Labute approximate surface area is 114 Å². The molecule has 0 saturated carbocycles. The molecule has 0 atom stereocenters. The molecule has 19 heavy (non-hydrogen) atoms. The van der Waals surface area contributed by atoms with Gasteiger partial charge < -0.3 is 9.84 Å². The molecule has 0 heterocycles. The highest BCUT2D eigenvalue weighted by Gasteiger charge is 2.12. The molecule has 5 heteroatoms.